The number of hydrogen-bond donors (Lipinski definition) is 1. The first-order chi connectivity index (χ1) is 12.4. The standard InChI is InChI=1S/C18H22N4O3S/c1-26(24,25)14-15-6-2-3-7-16(15)20-18(23)22-12-10-21(11-13-22)17-8-4-5-9-19-17/h2-9H,10-14H2,1H3,(H,20,23). The molecule has 138 valence electrons. The lowest BCUT2D eigenvalue weighted by atomic mass is 10.2. The number of nitrogens with one attached hydrogen (secondary N) is 1. The Labute approximate surface area is 153 Å². The number of carbonyl (C=O) groups is 1. The van der Waals surface area contributed by atoms with Crippen LogP contribution in [0, 0.1) is 0 Å². The van der Waals surface area contributed by atoms with E-state index in [-0.39, 0.29) is 11.8 Å². The Morgan fingerprint density at radius 1 is 1.08 bits per heavy atom. The van der Waals surface area contributed by atoms with Crippen molar-refractivity contribution in [3.05, 3.63) is 54.2 Å². The summed E-state index contributed by atoms with van der Waals surface area (Å²) >= 11 is 0. The molecule has 3 rings (SSSR count). The Morgan fingerprint density at radius 3 is 2.42 bits per heavy atom. The van der Waals surface area contributed by atoms with E-state index in [1.807, 2.05) is 18.2 Å². The molecule has 8 heteroatoms. The fourth-order valence-corrected chi connectivity index (χ4v) is 3.74. The van der Waals surface area contributed by atoms with Gasteiger partial charge in [0.1, 0.15) is 5.82 Å². The van der Waals surface area contributed by atoms with Crippen LogP contribution in [0.1, 0.15) is 5.56 Å². The van der Waals surface area contributed by atoms with E-state index in [4.69, 9.17) is 0 Å². The molecular weight excluding hydrogens is 352 g/mol. The van der Waals surface area contributed by atoms with E-state index < -0.39 is 9.84 Å². The molecular formula is C18H22N4O3S. The maximum atomic E-state index is 12.6. The van der Waals surface area contributed by atoms with Crippen LogP contribution in [0.5, 0.6) is 0 Å². The number of sulfone groups is 1. The smallest absolute Gasteiger partial charge is 0.321 e. The molecule has 1 saturated heterocycles. The summed E-state index contributed by atoms with van der Waals surface area (Å²) in [4.78, 5) is 20.8. The summed E-state index contributed by atoms with van der Waals surface area (Å²) in [5, 5.41) is 2.85. The number of piperazine rings is 1. The maximum absolute atomic E-state index is 12.6. The van der Waals surface area contributed by atoms with Crippen molar-refractivity contribution in [2.75, 3.05) is 42.7 Å². The van der Waals surface area contributed by atoms with Crippen LogP contribution in [-0.2, 0) is 15.6 Å². The van der Waals surface area contributed by atoms with Crippen LogP contribution in [0.3, 0.4) is 0 Å². The first kappa shape index (κ1) is 18.2. The Bertz CT molecular complexity index is 863. The van der Waals surface area contributed by atoms with Crippen LogP contribution < -0.4 is 10.2 Å². The van der Waals surface area contributed by atoms with E-state index in [2.05, 4.69) is 15.2 Å². The topological polar surface area (TPSA) is 82.6 Å². The number of aromatic nitrogens is 1. The molecule has 1 aliphatic rings. The number of hydrogen-bond acceptors (Lipinski definition) is 5. The largest absolute Gasteiger partial charge is 0.353 e. The van der Waals surface area contributed by atoms with E-state index >= 15 is 0 Å². The number of amides is 2. The number of benzene rings is 1. The van der Waals surface area contributed by atoms with Crippen LogP contribution in [0.4, 0.5) is 16.3 Å². The van der Waals surface area contributed by atoms with Gasteiger partial charge in [-0.3, -0.25) is 0 Å². The highest BCUT2D eigenvalue weighted by Crippen LogP contribution is 2.19. The van der Waals surface area contributed by atoms with Crippen LogP contribution in [0.15, 0.2) is 48.7 Å². The summed E-state index contributed by atoms with van der Waals surface area (Å²) in [5.74, 6) is 0.808. The third-order valence-electron chi connectivity index (χ3n) is 4.22. The second-order valence-corrected chi connectivity index (χ2v) is 8.46. The number of nitrogens with zero attached hydrogens (tertiary/aromatic N) is 3. The SMILES string of the molecule is CS(=O)(=O)Cc1ccccc1NC(=O)N1CCN(c2ccccn2)CC1. The minimum atomic E-state index is -3.18. The van der Waals surface area contributed by atoms with Gasteiger partial charge < -0.3 is 15.1 Å². The number of para-hydroxylation sites is 1. The molecule has 1 N–H and O–H groups in total. The van der Waals surface area contributed by atoms with Gasteiger partial charge in [0.25, 0.3) is 0 Å². The molecule has 0 aliphatic carbocycles. The first-order valence-electron chi connectivity index (χ1n) is 8.40. The number of anilines is 2. The Morgan fingerprint density at radius 2 is 1.77 bits per heavy atom. The summed E-state index contributed by atoms with van der Waals surface area (Å²) in [5.41, 5.74) is 1.13. The fourth-order valence-electron chi connectivity index (χ4n) is 2.92. The third kappa shape index (κ3) is 4.72. The Balaban J connectivity index is 1.62. The van der Waals surface area contributed by atoms with Gasteiger partial charge >= 0.3 is 6.03 Å². The van der Waals surface area contributed by atoms with Gasteiger partial charge in [-0.1, -0.05) is 24.3 Å². The monoisotopic (exact) mass is 374 g/mol. The zero-order valence-electron chi connectivity index (χ0n) is 14.6. The number of urea groups is 1. The molecule has 2 heterocycles. The van der Waals surface area contributed by atoms with Crippen molar-refractivity contribution in [3.8, 4) is 0 Å². The summed E-state index contributed by atoms with van der Waals surface area (Å²) in [7, 11) is -3.18. The minimum Gasteiger partial charge on any atom is -0.353 e. The lowest BCUT2D eigenvalue weighted by Gasteiger charge is -2.35. The van der Waals surface area contributed by atoms with Gasteiger partial charge in [0, 0.05) is 44.3 Å². The Hall–Kier alpha value is -2.61. The molecule has 0 bridgehead atoms. The molecule has 7 nitrogen and oxygen atoms in total. The van der Waals surface area contributed by atoms with Gasteiger partial charge in [-0.15, -0.1) is 0 Å². The van der Waals surface area contributed by atoms with E-state index in [9.17, 15) is 13.2 Å². The second-order valence-electron chi connectivity index (χ2n) is 6.32. The zero-order valence-corrected chi connectivity index (χ0v) is 15.4. The van der Waals surface area contributed by atoms with Crippen molar-refractivity contribution in [3.63, 3.8) is 0 Å². The van der Waals surface area contributed by atoms with Crippen LogP contribution in [-0.4, -0.2) is 56.8 Å². The van der Waals surface area contributed by atoms with Crippen molar-refractivity contribution >= 4 is 27.4 Å². The van der Waals surface area contributed by atoms with Gasteiger partial charge in [0.05, 0.1) is 5.75 Å². The molecule has 0 spiro atoms. The summed E-state index contributed by atoms with van der Waals surface area (Å²) in [6.45, 7) is 2.57. The molecule has 1 aromatic heterocycles. The number of rotatable bonds is 4. The van der Waals surface area contributed by atoms with E-state index in [1.54, 1.807) is 35.4 Å². The predicted molar refractivity (Wildman–Crippen MR) is 102 cm³/mol. The van der Waals surface area contributed by atoms with E-state index in [1.165, 1.54) is 6.26 Å². The molecule has 0 atom stereocenters. The number of pyridine rings is 1. The molecule has 0 unspecified atom stereocenters. The quantitative estimate of drug-likeness (QED) is 0.885. The lowest BCUT2D eigenvalue weighted by molar-refractivity contribution is 0.208. The highest BCUT2D eigenvalue weighted by molar-refractivity contribution is 7.89. The Kier molecular flexibility index (Phi) is 5.41. The second kappa shape index (κ2) is 7.74. The summed E-state index contributed by atoms with van der Waals surface area (Å²) in [6.07, 6.45) is 2.94. The van der Waals surface area contributed by atoms with Gasteiger partial charge in [0.15, 0.2) is 9.84 Å². The van der Waals surface area contributed by atoms with Crippen LogP contribution in [0.2, 0.25) is 0 Å². The summed E-state index contributed by atoms with van der Waals surface area (Å²) in [6, 6.07) is 12.5. The molecule has 2 amide bonds. The van der Waals surface area contributed by atoms with Crippen LogP contribution >= 0.6 is 0 Å². The molecule has 1 aromatic carbocycles. The van der Waals surface area contributed by atoms with Gasteiger partial charge in [-0.05, 0) is 23.8 Å². The average Bonchev–Trinajstić information content (AvgIpc) is 2.63. The predicted octanol–water partition coefficient (Wildman–Crippen LogP) is 1.98. The van der Waals surface area contributed by atoms with Gasteiger partial charge in [-0.25, -0.2) is 18.2 Å². The maximum Gasteiger partial charge on any atom is 0.321 e. The molecule has 2 aromatic rings. The third-order valence-corrected chi connectivity index (χ3v) is 5.05. The number of carbonyl (C=O) groups excluding carboxylic acids is 1. The van der Waals surface area contributed by atoms with E-state index in [0.717, 1.165) is 5.82 Å². The van der Waals surface area contributed by atoms with Crippen molar-refractivity contribution in [2.24, 2.45) is 0 Å². The minimum absolute atomic E-state index is 0.100. The van der Waals surface area contributed by atoms with Crippen molar-refractivity contribution < 1.29 is 13.2 Å². The lowest BCUT2D eigenvalue weighted by Crippen LogP contribution is -2.50. The molecule has 0 saturated carbocycles. The van der Waals surface area contributed by atoms with Crippen molar-refractivity contribution in [1.29, 1.82) is 0 Å². The van der Waals surface area contributed by atoms with Gasteiger partial charge in [0.2, 0.25) is 0 Å². The van der Waals surface area contributed by atoms with Crippen molar-refractivity contribution in [1.82, 2.24) is 9.88 Å². The normalized spacial score (nSPS) is 15.0. The van der Waals surface area contributed by atoms with E-state index in [0.29, 0.717) is 37.4 Å². The molecule has 0 radical (unpaired) electrons. The average molecular weight is 374 g/mol. The zero-order chi connectivity index (χ0) is 18.6. The molecule has 26 heavy (non-hydrogen) atoms. The van der Waals surface area contributed by atoms with Crippen molar-refractivity contribution in [2.45, 2.75) is 5.75 Å². The molecule has 1 fully saturated rings. The van der Waals surface area contributed by atoms with Crippen LogP contribution in [0.25, 0.3) is 0 Å². The highest BCUT2D eigenvalue weighted by atomic mass is 32.2. The summed E-state index contributed by atoms with van der Waals surface area (Å²) < 4.78 is 23.2. The van der Waals surface area contributed by atoms with Gasteiger partial charge in [-0.2, -0.15) is 0 Å². The fraction of sp³-hybridized carbons (Fsp3) is 0.333. The highest BCUT2D eigenvalue weighted by Gasteiger charge is 2.22. The molecule has 1 aliphatic heterocycles. The first-order valence-corrected chi connectivity index (χ1v) is 10.5.